The predicted octanol–water partition coefficient (Wildman–Crippen LogP) is 4.88. The van der Waals surface area contributed by atoms with Gasteiger partial charge >= 0.3 is 0 Å². The Morgan fingerprint density at radius 1 is 1.19 bits per heavy atom. The number of methoxy groups -OCH3 is 1. The molecule has 3 rings (SSSR count). The first-order chi connectivity index (χ1) is 15.1. The lowest BCUT2D eigenvalue weighted by Crippen LogP contribution is -2.24. The Labute approximate surface area is 192 Å². The molecule has 0 aromatic heterocycles. The van der Waals surface area contributed by atoms with Gasteiger partial charge in [0.1, 0.15) is 5.75 Å². The number of nitrogens with zero attached hydrogens (tertiary/aromatic N) is 1. The van der Waals surface area contributed by atoms with E-state index < -0.39 is 0 Å². The molecule has 1 fully saturated rings. The minimum Gasteiger partial charge on any atom is -0.493 e. The van der Waals surface area contributed by atoms with Crippen molar-refractivity contribution >= 4 is 35.6 Å². The average molecular weight is 461 g/mol. The zero-order valence-electron chi connectivity index (χ0n) is 18.0. The quantitative estimate of drug-likeness (QED) is 0.403. The van der Waals surface area contributed by atoms with Crippen LogP contribution in [0.4, 0.5) is 0 Å². The maximum atomic E-state index is 12.0. The maximum Gasteiger partial charge on any atom is 0.277 e. The molecule has 1 N–H and O–H groups in total. The van der Waals surface area contributed by atoms with Crippen LogP contribution in [-0.2, 0) is 4.79 Å². The third kappa shape index (κ3) is 7.11. The maximum absolute atomic E-state index is 12.0. The van der Waals surface area contributed by atoms with E-state index in [4.69, 9.17) is 14.2 Å². The number of carbonyl (C=O) groups is 1. The lowest BCUT2D eigenvalue weighted by Gasteiger charge is -2.15. The fourth-order valence-electron chi connectivity index (χ4n) is 2.79. The molecule has 6 nitrogen and oxygen atoms in total. The van der Waals surface area contributed by atoms with Crippen LogP contribution in [0.3, 0.4) is 0 Å². The van der Waals surface area contributed by atoms with Crippen LogP contribution in [0.25, 0.3) is 0 Å². The van der Waals surface area contributed by atoms with E-state index in [1.54, 1.807) is 13.3 Å². The highest BCUT2D eigenvalue weighted by atomic mass is 32.2. The topological polar surface area (TPSA) is 69.2 Å². The van der Waals surface area contributed by atoms with E-state index in [9.17, 15) is 4.79 Å². The van der Waals surface area contributed by atoms with Gasteiger partial charge in [-0.3, -0.25) is 4.79 Å². The van der Waals surface area contributed by atoms with Crippen molar-refractivity contribution in [2.45, 2.75) is 31.0 Å². The molecule has 1 heterocycles. The summed E-state index contributed by atoms with van der Waals surface area (Å²) in [5, 5.41) is 4.00. The molecule has 0 aliphatic carbocycles. The van der Waals surface area contributed by atoms with Gasteiger partial charge < -0.3 is 14.2 Å². The molecule has 1 aliphatic heterocycles. The van der Waals surface area contributed by atoms with Crippen molar-refractivity contribution in [2.75, 3.05) is 25.2 Å². The molecule has 166 valence electrons. The number of ether oxygens (including phenoxy) is 3. The normalized spacial score (nSPS) is 15.1. The van der Waals surface area contributed by atoms with E-state index in [1.165, 1.54) is 17.1 Å². The van der Waals surface area contributed by atoms with Crippen molar-refractivity contribution in [2.24, 2.45) is 5.10 Å². The van der Waals surface area contributed by atoms with Gasteiger partial charge in [0.2, 0.25) is 0 Å². The number of rotatable bonds is 10. The van der Waals surface area contributed by atoms with Crippen LogP contribution in [0.15, 0.2) is 47.6 Å². The number of hydrazone groups is 1. The first-order valence-corrected chi connectivity index (χ1v) is 12.3. The van der Waals surface area contributed by atoms with Crippen molar-refractivity contribution in [1.29, 1.82) is 0 Å². The molecule has 0 unspecified atom stereocenters. The summed E-state index contributed by atoms with van der Waals surface area (Å²) in [6, 6.07) is 13.4. The predicted molar refractivity (Wildman–Crippen MR) is 129 cm³/mol. The summed E-state index contributed by atoms with van der Waals surface area (Å²) >= 11 is 3.92. The van der Waals surface area contributed by atoms with Crippen LogP contribution >= 0.6 is 23.5 Å². The van der Waals surface area contributed by atoms with Gasteiger partial charge in [-0.2, -0.15) is 5.10 Å². The van der Waals surface area contributed by atoms with E-state index in [0.29, 0.717) is 21.8 Å². The Morgan fingerprint density at radius 3 is 2.61 bits per heavy atom. The number of benzene rings is 2. The molecule has 2 aromatic carbocycles. The Kier molecular flexibility index (Phi) is 8.97. The molecular formula is C23H28N2O4S2. The van der Waals surface area contributed by atoms with E-state index >= 15 is 0 Å². The standard InChI is InChI=1S/C23H28N2O4S2/c1-4-16(2)29-20-10-5-17(13-21(20)27-3)14-24-25-22(26)15-28-19-8-6-18(7-9-19)23-30-11-12-31-23/h5-10,13-14,16,23H,4,11-12,15H2,1-3H3,(H,25,26)/b24-14-/t16-/m1/s1. The lowest BCUT2D eigenvalue weighted by atomic mass is 10.2. The molecule has 0 bridgehead atoms. The highest BCUT2D eigenvalue weighted by molar-refractivity contribution is 8.19. The van der Waals surface area contributed by atoms with Crippen molar-refractivity contribution < 1.29 is 19.0 Å². The summed E-state index contributed by atoms with van der Waals surface area (Å²) < 4.78 is 17.3. The largest absolute Gasteiger partial charge is 0.493 e. The summed E-state index contributed by atoms with van der Waals surface area (Å²) in [6.45, 7) is 3.97. The molecule has 0 saturated carbocycles. The van der Waals surface area contributed by atoms with Crippen LogP contribution < -0.4 is 19.6 Å². The zero-order valence-corrected chi connectivity index (χ0v) is 19.6. The summed E-state index contributed by atoms with van der Waals surface area (Å²) in [7, 11) is 1.59. The summed E-state index contributed by atoms with van der Waals surface area (Å²) in [5.41, 5.74) is 4.55. The molecule has 1 saturated heterocycles. The van der Waals surface area contributed by atoms with Crippen LogP contribution in [0.2, 0.25) is 0 Å². The minimum atomic E-state index is -0.328. The first-order valence-electron chi connectivity index (χ1n) is 10.2. The van der Waals surface area contributed by atoms with Gasteiger partial charge in [-0.05, 0) is 54.8 Å². The highest BCUT2D eigenvalue weighted by Gasteiger charge is 2.18. The Balaban J connectivity index is 1.46. The number of hydrogen-bond acceptors (Lipinski definition) is 7. The molecule has 0 radical (unpaired) electrons. The molecule has 31 heavy (non-hydrogen) atoms. The van der Waals surface area contributed by atoms with Gasteiger partial charge in [0, 0.05) is 11.5 Å². The van der Waals surface area contributed by atoms with Gasteiger partial charge in [-0.15, -0.1) is 23.5 Å². The van der Waals surface area contributed by atoms with Crippen LogP contribution in [0.1, 0.15) is 36.0 Å². The molecule has 1 aliphatic rings. The SMILES string of the molecule is CC[C@@H](C)Oc1ccc(/C=N\NC(=O)COc2ccc(C3SCCS3)cc2)cc1OC. The van der Waals surface area contributed by atoms with E-state index in [1.807, 2.05) is 60.8 Å². The number of carbonyl (C=O) groups excluding carboxylic acids is 1. The third-order valence-electron chi connectivity index (χ3n) is 4.64. The summed E-state index contributed by atoms with van der Waals surface area (Å²) in [4.78, 5) is 12.0. The van der Waals surface area contributed by atoms with Crippen molar-refractivity contribution in [3.05, 3.63) is 53.6 Å². The van der Waals surface area contributed by atoms with Gasteiger partial charge in [0.25, 0.3) is 5.91 Å². The average Bonchev–Trinajstić information content (AvgIpc) is 3.33. The Morgan fingerprint density at radius 2 is 1.94 bits per heavy atom. The van der Waals surface area contributed by atoms with E-state index in [0.717, 1.165) is 12.0 Å². The van der Waals surface area contributed by atoms with Gasteiger partial charge in [-0.1, -0.05) is 19.1 Å². The van der Waals surface area contributed by atoms with Gasteiger partial charge in [-0.25, -0.2) is 5.43 Å². The molecule has 0 spiro atoms. The Bertz CT molecular complexity index is 884. The fraction of sp³-hybridized carbons (Fsp3) is 0.391. The minimum absolute atomic E-state index is 0.101. The first kappa shape index (κ1) is 23.3. The molecule has 1 atom stereocenters. The van der Waals surface area contributed by atoms with Crippen molar-refractivity contribution in [3.63, 3.8) is 0 Å². The summed E-state index contributed by atoms with van der Waals surface area (Å²) in [6.07, 6.45) is 2.56. The fourth-order valence-corrected chi connectivity index (χ4v) is 5.65. The molecule has 1 amide bonds. The van der Waals surface area contributed by atoms with Gasteiger partial charge in [0.05, 0.1) is 24.0 Å². The number of thioether (sulfide) groups is 2. The Hall–Kier alpha value is -2.32. The zero-order chi connectivity index (χ0) is 22.1. The van der Waals surface area contributed by atoms with E-state index in [2.05, 4.69) is 29.6 Å². The molecular weight excluding hydrogens is 432 g/mol. The number of amides is 1. The monoisotopic (exact) mass is 460 g/mol. The second-order valence-electron chi connectivity index (χ2n) is 6.97. The van der Waals surface area contributed by atoms with Crippen molar-refractivity contribution in [3.8, 4) is 17.2 Å². The van der Waals surface area contributed by atoms with Crippen molar-refractivity contribution in [1.82, 2.24) is 5.43 Å². The number of nitrogens with one attached hydrogen (secondary N) is 1. The van der Waals surface area contributed by atoms with Crippen LogP contribution in [-0.4, -0.2) is 43.4 Å². The third-order valence-corrected chi connectivity index (χ3v) is 7.74. The van der Waals surface area contributed by atoms with Crippen LogP contribution in [0, 0.1) is 0 Å². The second kappa shape index (κ2) is 11.9. The second-order valence-corrected chi connectivity index (χ2v) is 9.70. The van der Waals surface area contributed by atoms with Crippen LogP contribution in [0.5, 0.6) is 17.2 Å². The van der Waals surface area contributed by atoms with Gasteiger partial charge in [0.15, 0.2) is 18.1 Å². The molecule has 8 heteroatoms. The lowest BCUT2D eigenvalue weighted by molar-refractivity contribution is -0.123. The highest BCUT2D eigenvalue weighted by Crippen LogP contribution is 2.45. The molecule has 2 aromatic rings. The smallest absolute Gasteiger partial charge is 0.277 e. The summed E-state index contributed by atoms with van der Waals surface area (Å²) in [5.74, 6) is 4.02. The number of hydrogen-bond donors (Lipinski definition) is 1. The van der Waals surface area contributed by atoms with E-state index in [-0.39, 0.29) is 18.6 Å².